The second-order valence-electron chi connectivity index (χ2n) is 7.11. The van der Waals surface area contributed by atoms with E-state index in [-0.39, 0.29) is 5.75 Å². The molecule has 0 fully saturated rings. The third kappa shape index (κ3) is 3.03. The van der Waals surface area contributed by atoms with Gasteiger partial charge in [0.25, 0.3) is 5.56 Å². The monoisotopic (exact) mass is 433 g/mol. The Morgan fingerprint density at radius 1 is 1.13 bits per heavy atom. The summed E-state index contributed by atoms with van der Waals surface area (Å²) in [4.78, 5) is 33.9. The fourth-order valence-corrected chi connectivity index (χ4v) is 4.84. The van der Waals surface area contributed by atoms with Gasteiger partial charge in [-0.3, -0.25) is 9.78 Å². The molecular formula is C23H16FN3O3S. The third-order valence-electron chi connectivity index (χ3n) is 5.23. The molecule has 2 aromatic carbocycles. The summed E-state index contributed by atoms with van der Waals surface area (Å²) in [5.41, 5.74) is 1.31. The molecule has 0 unspecified atom stereocenters. The van der Waals surface area contributed by atoms with Gasteiger partial charge in [0, 0.05) is 21.8 Å². The van der Waals surface area contributed by atoms with E-state index in [1.54, 1.807) is 25.3 Å². The van der Waals surface area contributed by atoms with Crippen LogP contribution in [-0.2, 0) is 0 Å². The van der Waals surface area contributed by atoms with Crippen molar-refractivity contribution in [2.24, 2.45) is 0 Å². The Morgan fingerprint density at radius 2 is 1.94 bits per heavy atom. The van der Waals surface area contributed by atoms with Gasteiger partial charge >= 0.3 is 5.69 Å². The number of fused-ring (bicyclic) bond motifs is 2. The summed E-state index contributed by atoms with van der Waals surface area (Å²) in [6.07, 6.45) is 3.19. The molecule has 0 radical (unpaired) electrons. The lowest BCUT2D eigenvalue weighted by atomic mass is 10.1. The van der Waals surface area contributed by atoms with Crippen LogP contribution in [0.2, 0.25) is 0 Å². The zero-order chi connectivity index (χ0) is 21.7. The molecule has 8 heteroatoms. The van der Waals surface area contributed by atoms with Crippen LogP contribution in [0, 0.1) is 12.7 Å². The maximum Gasteiger partial charge on any atom is 0.333 e. The number of nitrogens with zero attached hydrogens (tertiary/aromatic N) is 2. The molecule has 0 spiro atoms. The van der Waals surface area contributed by atoms with Crippen molar-refractivity contribution in [1.82, 2.24) is 14.5 Å². The van der Waals surface area contributed by atoms with Gasteiger partial charge in [0.05, 0.1) is 24.5 Å². The lowest BCUT2D eigenvalue weighted by Gasteiger charge is -2.08. The molecular weight excluding hydrogens is 417 g/mol. The van der Waals surface area contributed by atoms with Gasteiger partial charge in [0.2, 0.25) is 0 Å². The predicted octanol–water partition coefficient (Wildman–Crippen LogP) is 4.41. The number of aryl methyl sites for hydroxylation is 1. The number of hydrogen-bond donors (Lipinski definition) is 1. The van der Waals surface area contributed by atoms with E-state index < -0.39 is 17.1 Å². The van der Waals surface area contributed by atoms with Gasteiger partial charge in [-0.2, -0.15) is 0 Å². The quantitative estimate of drug-likeness (QED) is 0.457. The standard InChI is InChI=1S/C23H16FN3O3S/c1-12-7-16(24)19(30-2)8-15(12)20-9-17-21(31-20)22(28)27(23(29)26-17)18-11-25-10-13-5-3-4-6-14(13)18/h3-11H,1-2H3,(H,26,29). The minimum absolute atomic E-state index is 0.116. The number of nitrogens with one attached hydrogen (secondary N) is 1. The topological polar surface area (TPSA) is 77.0 Å². The van der Waals surface area contributed by atoms with Crippen LogP contribution in [0.1, 0.15) is 5.56 Å². The van der Waals surface area contributed by atoms with Crippen molar-refractivity contribution < 1.29 is 9.13 Å². The van der Waals surface area contributed by atoms with Crippen molar-refractivity contribution in [2.45, 2.75) is 6.92 Å². The van der Waals surface area contributed by atoms with Crippen molar-refractivity contribution in [1.29, 1.82) is 0 Å². The number of halogens is 1. The number of hydrogen-bond acceptors (Lipinski definition) is 5. The molecule has 0 amide bonds. The number of thiophene rings is 1. The highest BCUT2D eigenvalue weighted by molar-refractivity contribution is 7.22. The number of H-pyrrole nitrogens is 1. The van der Waals surface area contributed by atoms with E-state index in [1.807, 2.05) is 24.3 Å². The summed E-state index contributed by atoms with van der Waals surface area (Å²) >= 11 is 1.24. The van der Waals surface area contributed by atoms with E-state index in [1.165, 1.54) is 30.7 Å². The number of aromatic amines is 1. The highest BCUT2D eigenvalue weighted by Crippen LogP contribution is 2.36. The molecule has 0 bridgehead atoms. The molecule has 0 aliphatic rings. The molecule has 0 aliphatic carbocycles. The summed E-state index contributed by atoms with van der Waals surface area (Å²) in [7, 11) is 1.40. The van der Waals surface area contributed by atoms with Gasteiger partial charge in [0.15, 0.2) is 11.6 Å². The Bertz CT molecular complexity index is 1590. The van der Waals surface area contributed by atoms with Crippen LogP contribution >= 0.6 is 11.3 Å². The molecule has 1 N–H and O–H groups in total. The van der Waals surface area contributed by atoms with Crippen molar-refractivity contribution >= 4 is 32.3 Å². The molecule has 0 saturated carbocycles. The summed E-state index contributed by atoms with van der Waals surface area (Å²) in [6, 6.07) is 12.1. The maximum atomic E-state index is 14.0. The van der Waals surface area contributed by atoms with Crippen molar-refractivity contribution in [3.63, 3.8) is 0 Å². The Hall–Kier alpha value is -3.78. The molecule has 6 nitrogen and oxygen atoms in total. The number of pyridine rings is 1. The van der Waals surface area contributed by atoms with Crippen LogP contribution < -0.4 is 16.0 Å². The van der Waals surface area contributed by atoms with E-state index >= 15 is 0 Å². The maximum absolute atomic E-state index is 14.0. The van der Waals surface area contributed by atoms with E-state index in [4.69, 9.17) is 4.74 Å². The lowest BCUT2D eigenvalue weighted by molar-refractivity contribution is 0.386. The Morgan fingerprint density at radius 3 is 2.74 bits per heavy atom. The fraction of sp³-hybridized carbons (Fsp3) is 0.0870. The molecule has 5 rings (SSSR count). The summed E-state index contributed by atoms with van der Waals surface area (Å²) in [5, 5.41) is 1.58. The molecule has 0 saturated heterocycles. The summed E-state index contributed by atoms with van der Waals surface area (Å²) < 4.78 is 20.6. The normalized spacial score (nSPS) is 11.3. The molecule has 154 valence electrons. The van der Waals surface area contributed by atoms with Crippen LogP contribution in [0.25, 0.3) is 37.1 Å². The summed E-state index contributed by atoms with van der Waals surface area (Å²) in [5.74, 6) is -0.338. The van der Waals surface area contributed by atoms with Crippen LogP contribution in [-0.4, -0.2) is 21.6 Å². The first-order valence-electron chi connectivity index (χ1n) is 9.44. The zero-order valence-electron chi connectivity index (χ0n) is 16.6. The smallest absolute Gasteiger partial charge is 0.333 e. The van der Waals surface area contributed by atoms with E-state index in [2.05, 4.69) is 9.97 Å². The first kappa shape index (κ1) is 19.2. The number of benzene rings is 2. The molecule has 5 aromatic rings. The van der Waals surface area contributed by atoms with Crippen LogP contribution in [0.3, 0.4) is 0 Å². The molecule has 3 aromatic heterocycles. The largest absolute Gasteiger partial charge is 0.494 e. The van der Waals surface area contributed by atoms with E-state index in [0.29, 0.717) is 21.5 Å². The van der Waals surface area contributed by atoms with Gasteiger partial charge in [-0.25, -0.2) is 13.8 Å². The average molecular weight is 433 g/mol. The van der Waals surface area contributed by atoms with Crippen molar-refractivity contribution in [2.75, 3.05) is 7.11 Å². The fourth-order valence-electron chi connectivity index (χ4n) is 3.71. The van der Waals surface area contributed by atoms with Gasteiger partial charge in [0.1, 0.15) is 4.70 Å². The van der Waals surface area contributed by atoms with Gasteiger partial charge in [-0.15, -0.1) is 11.3 Å². The Kier molecular flexibility index (Phi) is 4.44. The Labute approximate surface area is 179 Å². The summed E-state index contributed by atoms with van der Waals surface area (Å²) in [6.45, 7) is 1.78. The van der Waals surface area contributed by atoms with Gasteiger partial charge in [-0.1, -0.05) is 24.3 Å². The minimum Gasteiger partial charge on any atom is -0.494 e. The highest BCUT2D eigenvalue weighted by Gasteiger charge is 2.17. The highest BCUT2D eigenvalue weighted by atomic mass is 32.1. The number of methoxy groups -OCH3 is 1. The first-order chi connectivity index (χ1) is 15.0. The zero-order valence-corrected chi connectivity index (χ0v) is 17.4. The minimum atomic E-state index is -0.548. The van der Waals surface area contributed by atoms with Crippen molar-refractivity contribution in [3.8, 4) is 21.9 Å². The predicted molar refractivity (Wildman–Crippen MR) is 120 cm³/mol. The third-order valence-corrected chi connectivity index (χ3v) is 6.38. The average Bonchev–Trinajstić information content (AvgIpc) is 3.18. The van der Waals surface area contributed by atoms with Gasteiger partial charge in [-0.05, 0) is 36.2 Å². The lowest BCUT2D eigenvalue weighted by Crippen LogP contribution is -2.33. The molecule has 0 atom stereocenters. The second kappa shape index (κ2) is 7.17. The number of ether oxygens (including phenoxy) is 1. The van der Waals surface area contributed by atoms with E-state index in [0.717, 1.165) is 25.8 Å². The van der Waals surface area contributed by atoms with Crippen LogP contribution in [0.5, 0.6) is 5.75 Å². The molecule has 3 heterocycles. The van der Waals surface area contributed by atoms with Gasteiger partial charge < -0.3 is 9.72 Å². The molecule has 31 heavy (non-hydrogen) atoms. The Balaban J connectivity index is 1.77. The van der Waals surface area contributed by atoms with Crippen molar-refractivity contribution in [3.05, 3.63) is 87.1 Å². The molecule has 0 aliphatic heterocycles. The van der Waals surface area contributed by atoms with Crippen LogP contribution in [0.4, 0.5) is 4.39 Å². The second-order valence-corrected chi connectivity index (χ2v) is 8.16. The van der Waals surface area contributed by atoms with E-state index in [9.17, 15) is 14.0 Å². The SMILES string of the molecule is COc1cc(-c2cc3[nH]c(=O)n(-c4cncc5ccccc45)c(=O)c3s2)c(C)cc1F. The number of aromatic nitrogens is 3. The first-order valence-corrected chi connectivity index (χ1v) is 10.3. The number of rotatable bonds is 3. The van der Waals surface area contributed by atoms with Crippen LogP contribution in [0.15, 0.2) is 64.4 Å².